The van der Waals surface area contributed by atoms with E-state index >= 15 is 0 Å². The molecule has 1 saturated carbocycles. The number of hydrogen-bond acceptors (Lipinski definition) is 2. The topological polar surface area (TPSA) is 40.5 Å². The van der Waals surface area contributed by atoms with Crippen LogP contribution in [0.1, 0.15) is 39.0 Å². The molecule has 0 bridgehead atoms. The number of aliphatic hydroxyl groups is 1. The van der Waals surface area contributed by atoms with E-state index in [1.807, 2.05) is 4.90 Å². The van der Waals surface area contributed by atoms with Crippen molar-refractivity contribution in [3.05, 3.63) is 0 Å². The minimum Gasteiger partial charge on any atom is -0.391 e. The second-order valence-electron chi connectivity index (χ2n) is 4.73. The predicted octanol–water partition coefficient (Wildman–Crippen LogP) is 1.16. The van der Waals surface area contributed by atoms with Gasteiger partial charge in [0.25, 0.3) is 0 Å². The lowest BCUT2D eigenvalue weighted by molar-refractivity contribution is -0.131. The van der Waals surface area contributed by atoms with Crippen molar-refractivity contribution in [2.75, 3.05) is 6.54 Å². The molecule has 1 saturated heterocycles. The van der Waals surface area contributed by atoms with Crippen LogP contribution < -0.4 is 0 Å². The Hall–Kier alpha value is -0.570. The van der Waals surface area contributed by atoms with E-state index in [0.29, 0.717) is 24.9 Å². The van der Waals surface area contributed by atoms with Gasteiger partial charge < -0.3 is 10.0 Å². The molecule has 3 unspecified atom stereocenters. The lowest BCUT2D eigenvalue weighted by atomic mass is 9.85. The molecular weight excluding hydrogens is 178 g/mol. The van der Waals surface area contributed by atoms with Gasteiger partial charge >= 0.3 is 0 Å². The first-order chi connectivity index (χ1) is 6.68. The van der Waals surface area contributed by atoms with E-state index in [1.54, 1.807) is 0 Å². The number of amides is 1. The van der Waals surface area contributed by atoms with Crippen LogP contribution in [0.25, 0.3) is 0 Å². The Bertz CT molecular complexity index is 229. The highest BCUT2D eigenvalue weighted by atomic mass is 16.3. The summed E-state index contributed by atoms with van der Waals surface area (Å²) in [7, 11) is 0. The molecular formula is C11H19NO2. The maximum absolute atomic E-state index is 11.6. The van der Waals surface area contributed by atoms with Gasteiger partial charge in [0, 0.05) is 12.6 Å². The summed E-state index contributed by atoms with van der Waals surface area (Å²) in [6, 6.07) is 0.397. The standard InChI is InChI=1S/C11H19NO2/c1-8-4-2-3-5-10(8)12-7-9(13)6-11(12)14/h8-10,13H,2-7H2,1H3. The molecule has 0 aromatic carbocycles. The summed E-state index contributed by atoms with van der Waals surface area (Å²) in [5, 5.41) is 9.42. The first-order valence-electron chi connectivity index (χ1n) is 5.66. The van der Waals surface area contributed by atoms with Gasteiger partial charge in [-0.05, 0) is 18.8 Å². The number of aliphatic hydroxyl groups excluding tert-OH is 1. The van der Waals surface area contributed by atoms with E-state index in [0.717, 1.165) is 6.42 Å². The molecule has 0 aromatic rings. The number of nitrogens with zero attached hydrogens (tertiary/aromatic N) is 1. The van der Waals surface area contributed by atoms with Gasteiger partial charge in [-0.15, -0.1) is 0 Å². The zero-order chi connectivity index (χ0) is 10.1. The van der Waals surface area contributed by atoms with Gasteiger partial charge in [-0.3, -0.25) is 4.79 Å². The average molecular weight is 197 g/mol. The number of carbonyl (C=O) groups excluding carboxylic acids is 1. The summed E-state index contributed by atoms with van der Waals surface area (Å²) in [4.78, 5) is 13.5. The molecule has 2 rings (SSSR count). The molecule has 3 atom stereocenters. The minimum atomic E-state index is -0.420. The molecule has 3 heteroatoms. The lowest BCUT2D eigenvalue weighted by Crippen LogP contribution is -2.42. The largest absolute Gasteiger partial charge is 0.391 e. The molecule has 2 fully saturated rings. The number of likely N-dealkylation sites (tertiary alicyclic amines) is 1. The number of β-amino-alcohol motifs (C(OH)–C–C–N with tert-alkyl or cyclic N) is 1. The Labute approximate surface area is 85.1 Å². The molecule has 1 heterocycles. The first kappa shape index (κ1) is 9.97. The maximum atomic E-state index is 11.6. The monoisotopic (exact) mass is 197 g/mol. The van der Waals surface area contributed by atoms with Crippen LogP contribution in [0.5, 0.6) is 0 Å². The van der Waals surface area contributed by atoms with Crippen molar-refractivity contribution in [3.63, 3.8) is 0 Å². The van der Waals surface area contributed by atoms with Gasteiger partial charge in [0.15, 0.2) is 0 Å². The molecule has 80 valence electrons. The van der Waals surface area contributed by atoms with Gasteiger partial charge in [0.05, 0.1) is 12.5 Å². The van der Waals surface area contributed by atoms with Crippen LogP contribution in [0.3, 0.4) is 0 Å². The summed E-state index contributed by atoms with van der Waals surface area (Å²) >= 11 is 0. The number of hydrogen-bond donors (Lipinski definition) is 1. The van der Waals surface area contributed by atoms with Crippen molar-refractivity contribution in [2.24, 2.45) is 5.92 Å². The zero-order valence-electron chi connectivity index (χ0n) is 8.78. The maximum Gasteiger partial charge on any atom is 0.225 e. The van der Waals surface area contributed by atoms with Crippen LogP contribution in [0.15, 0.2) is 0 Å². The summed E-state index contributed by atoms with van der Waals surface area (Å²) < 4.78 is 0. The second-order valence-corrected chi connectivity index (χ2v) is 4.73. The molecule has 0 aromatic heterocycles. The third-order valence-electron chi connectivity index (χ3n) is 3.60. The van der Waals surface area contributed by atoms with E-state index in [2.05, 4.69) is 6.92 Å². The lowest BCUT2D eigenvalue weighted by Gasteiger charge is -2.36. The fraction of sp³-hybridized carbons (Fsp3) is 0.909. The number of rotatable bonds is 1. The molecule has 1 aliphatic carbocycles. The Morgan fingerprint density at radius 2 is 2.07 bits per heavy atom. The Kier molecular flexibility index (Phi) is 2.77. The van der Waals surface area contributed by atoms with Crippen molar-refractivity contribution in [3.8, 4) is 0 Å². The molecule has 0 radical (unpaired) electrons. The molecule has 3 nitrogen and oxygen atoms in total. The fourth-order valence-corrected chi connectivity index (χ4v) is 2.79. The highest BCUT2D eigenvalue weighted by molar-refractivity contribution is 5.79. The van der Waals surface area contributed by atoms with E-state index in [-0.39, 0.29) is 5.91 Å². The van der Waals surface area contributed by atoms with E-state index in [4.69, 9.17) is 0 Å². The van der Waals surface area contributed by atoms with Crippen molar-refractivity contribution >= 4 is 5.91 Å². The fourth-order valence-electron chi connectivity index (χ4n) is 2.79. The second kappa shape index (κ2) is 3.89. The average Bonchev–Trinajstić information content (AvgIpc) is 2.46. The van der Waals surface area contributed by atoms with Crippen molar-refractivity contribution in [2.45, 2.75) is 51.2 Å². The normalized spacial score (nSPS) is 39.1. The van der Waals surface area contributed by atoms with Gasteiger partial charge in [-0.2, -0.15) is 0 Å². The molecule has 1 amide bonds. The van der Waals surface area contributed by atoms with Crippen molar-refractivity contribution in [1.29, 1.82) is 0 Å². The van der Waals surface area contributed by atoms with Crippen LogP contribution in [0.2, 0.25) is 0 Å². The van der Waals surface area contributed by atoms with Gasteiger partial charge in [-0.1, -0.05) is 19.8 Å². The van der Waals surface area contributed by atoms with E-state index in [9.17, 15) is 9.90 Å². The van der Waals surface area contributed by atoms with E-state index in [1.165, 1.54) is 19.3 Å². The third kappa shape index (κ3) is 1.78. The highest BCUT2D eigenvalue weighted by Crippen LogP contribution is 2.30. The molecule has 1 aliphatic heterocycles. The SMILES string of the molecule is CC1CCCCC1N1CC(O)CC1=O. The van der Waals surface area contributed by atoms with Crippen LogP contribution >= 0.6 is 0 Å². The Morgan fingerprint density at radius 3 is 2.64 bits per heavy atom. The minimum absolute atomic E-state index is 0.149. The highest BCUT2D eigenvalue weighted by Gasteiger charge is 2.36. The molecule has 1 N–H and O–H groups in total. The smallest absolute Gasteiger partial charge is 0.225 e. The molecule has 2 aliphatic rings. The van der Waals surface area contributed by atoms with Gasteiger partial charge in [0.2, 0.25) is 5.91 Å². The van der Waals surface area contributed by atoms with Crippen molar-refractivity contribution in [1.82, 2.24) is 4.90 Å². The number of carbonyl (C=O) groups is 1. The summed E-state index contributed by atoms with van der Waals surface area (Å²) in [5.74, 6) is 0.759. The summed E-state index contributed by atoms with van der Waals surface area (Å²) in [6.45, 7) is 2.79. The van der Waals surface area contributed by atoms with Crippen LogP contribution in [-0.4, -0.2) is 34.6 Å². The summed E-state index contributed by atoms with van der Waals surface area (Å²) in [6.07, 6.45) is 4.79. The summed E-state index contributed by atoms with van der Waals surface area (Å²) in [5.41, 5.74) is 0. The van der Waals surface area contributed by atoms with Crippen molar-refractivity contribution < 1.29 is 9.90 Å². The third-order valence-corrected chi connectivity index (χ3v) is 3.60. The van der Waals surface area contributed by atoms with Crippen LogP contribution in [0, 0.1) is 5.92 Å². The van der Waals surface area contributed by atoms with Crippen LogP contribution in [-0.2, 0) is 4.79 Å². The molecule has 0 spiro atoms. The quantitative estimate of drug-likeness (QED) is 0.685. The Morgan fingerprint density at radius 1 is 1.36 bits per heavy atom. The van der Waals surface area contributed by atoms with Gasteiger partial charge in [-0.25, -0.2) is 0 Å². The molecule has 14 heavy (non-hydrogen) atoms. The first-order valence-corrected chi connectivity index (χ1v) is 5.66. The van der Waals surface area contributed by atoms with Crippen LogP contribution in [0.4, 0.5) is 0 Å². The van der Waals surface area contributed by atoms with E-state index < -0.39 is 6.10 Å². The zero-order valence-corrected chi connectivity index (χ0v) is 8.78. The Balaban J connectivity index is 2.02. The van der Waals surface area contributed by atoms with Gasteiger partial charge in [0.1, 0.15) is 0 Å². The predicted molar refractivity (Wildman–Crippen MR) is 53.8 cm³/mol.